The fourth-order valence-electron chi connectivity index (χ4n) is 0.618. The Morgan fingerprint density at radius 1 is 1.25 bits per heavy atom. The zero-order chi connectivity index (χ0) is 9.40. The molecule has 0 amide bonds. The SMILES string of the molecule is N=C(N)c1ccccc1.[I][Pb][I]. The summed E-state index contributed by atoms with van der Waals surface area (Å²) in [4.78, 5) is 0. The minimum atomic E-state index is 0.0233. The third-order valence-electron chi connectivity index (χ3n) is 1.08. The first-order valence-electron chi connectivity index (χ1n) is 3.08. The van der Waals surface area contributed by atoms with Crippen LogP contribution in [0.5, 0.6) is 0 Å². The van der Waals surface area contributed by atoms with E-state index in [0.29, 0.717) is 0 Å². The fourth-order valence-corrected chi connectivity index (χ4v) is 0.618. The van der Waals surface area contributed by atoms with Crippen LogP contribution in [0.3, 0.4) is 0 Å². The van der Waals surface area contributed by atoms with Gasteiger partial charge < -0.3 is 5.73 Å². The van der Waals surface area contributed by atoms with E-state index < -0.39 is 0 Å². The van der Waals surface area contributed by atoms with E-state index in [-0.39, 0.29) is 21.5 Å². The van der Waals surface area contributed by atoms with Crippen molar-refractivity contribution in [3.63, 3.8) is 0 Å². The second-order valence-corrected chi connectivity index (χ2v) is 30.0. The van der Waals surface area contributed by atoms with Crippen LogP contribution in [0.1, 0.15) is 5.56 Å². The van der Waals surface area contributed by atoms with Crippen LogP contribution in [0, 0.1) is 5.41 Å². The van der Waals surface area contributed by atoms with E-state index in [2.05, 4.69) is 35.5 Å². The Balaban J connectivity index is 0.000000354. The standard InChI is InChI=1S/C7H8N2.2HI.Pb/c8-7(9)6-4-2-1-3-5-6;;;/h1-5H,(H3,8,9);2*1H;/q;;;+2/p-2. The predicted molar refractivity (Wildman–Crippen MR) is 71.3 cm³/mol. The molecule has 2 nitrogen and oxygen atoms in total. The number of rotatable bonds is 1. The van der Waals surface area contributed by atoms with Gasteiger partial charge in [0.1, 0.15) is 5.84 Å². The molecule has 0 saturated heterocycles. The van der Waals surface area contributed by atoms with Crippen LogP contribution in [0.2, 0.25) is 0 Å². The summed E-state index contributed by atoms with van der Waals surface area (Å²) < 4.78 is 0. The molecule has 64 valence electrons. The summed E-state index contributed by atoms with van der Waals surface area (Å²) in [5, 5.41) is 7.01. The second-order valence-electron chi connectivity index (χ2n) is 1.85. The van der Waals surface area contributed by atoms with Crippen LogP contribution >= 0.6 is 35.5 Å². The summed E-state index contributed by atoms with van der Waals surface area (Å²) in [5.74, 6) is 0.121. The van der Waals surface area contributed by atoms with Crippen molar-refractivity contribution in [2.75, 3.05) is 0 Å². The van der Waals surface area contributed by atoms with Crippen LogP contribution in [-0.4, -0.2) is 21.5 Å². The molecular weight excluding hydrogens is 573 g/mol. The van der Waals surface area contributed by atoms with Gasteiger partial charge in [0.15, 0.2) is 0 Å². The summed E-state index contributed by atoms with van der Waals surface area (Å²) >= 11 is 4.96. The van der Waals surface area contributed by atoms with Gasteiger partial charge in [-0.1, -0.05) is 30.3 Å². The number of amidine groups is 1. The zero-order valence-corrected chi connectivity index (χ0v) is 14.4. The number of nitrogens with two attached hydrogens (primary N) is 1. The van der Waals surface area contributed by atoms with Gasteiger partial charge in [0.05, 0.1) is 0 Å². The molecule has 0 atom stereocenters. The molecule has 12 heavy (non-hydrogen) atoms. The average Bonchev–Trinajstić information content (AvgIpc) is 2.07. The summed E-state index contributed by atoms with van der Waals surface area (Å²) in [7, 11) is 0. The molecule has 1 aromatic carbocycles. The molecule has 1 rings (SSSR count). The van der Waals surface area contributed by atoms with Crippen molar-refractivity contribution >= 4 is 57.0 Å². The fraction of sp³-hybridized carbons (Fsp3) is 0. The van der Waals surface area contributed by atoms with Gasteiger partial charge in [0, 0.05) is 5.56 Å². The molecule has 3 N–H and O–H groups in total. The Morgan fingerprint density at radius 2 is 1.67 bits per heavy atom. The Kier molecular flexibility index (Phi) is 9.43. The number of hydrogen-bond acceptors (Lipinski definition) is 1. The molecule has 0 saturated carbocycles. The molecule has 0 fully saturated rings. The first-order valence-corrected chi connectivity index (χ1v) is 24.9. The second kappa shape index (κ2) is 8.66. The maximum atomic E-state index is 7.01. The normalized spacial score (nSPS) is 8.17. The van der Waals surface area contributed by atoms with Crippen LogP contribution in [-0.2, 0) is 0 Å². The number of benzene rings is 1. The van der Waals surface area contributed by atoms with E-state index in [1.54, 1.807) is 0 Å². The molecule has 2 radical (unpaired) electrons. The summed E-state index contributed by atoms with van der Waals surface area (Å²) in [6, 6.07) is 9.23. The molecule has 5 heteroatoms. The van der Waals surface area contributed by atoms with Crippen molar-refractivity contribution in [3.8, 4) is 0 Å². The molecule has 0 aliphatic carbocycles. The van der Waals surface area contributed by atoms with Crippen LogP contribution in [0.15, 0.2) is 30.3 Å². The molecule has 1 aromatic rings. The molecule has 0 unspecified atom stereocenters. The summed E-state index contributed by atoms with van der Waals surface area (Å²) in [5.41, 5.74) is 5.97. The van der Waals surface area contributed by atoms with Crippen LogP contribution < -0.4 is 5.73 Å². The number of nitrogen functional groups attached to an aromatic ring is 1. The minimum absolute atomic E-state index is 0.0233. The molecule has 0 heterocycles. The van der Waals surface area contributed by atoms with Gasteiger partial charge in [-0.25, -0.2) is 0 Å². The van der Waals surface area contributed by atoms with Gasteiger partial charge in [0.2, 0.25) is 0 Å². The van der Waals surface area contributed by atoms with E-state index in [9.17, 15) is 0 Å². The topological polar surface area (TPSA) is 49.9 Å². The molecule has 0 aliphatic rings. The number of nitrogens with one attached hydrogen (secondary N) is 1. The van der Waals surface area contributed by atoms with Crippen LogP contribution in [0.4, 0.5) is 0 Å². The van der Waals surface area contributed by atoms with Gasteiger partial charge >= 0.3 is 51.2 Å². The molecule has 0 spiro atoms. The first-order chi connectivity index (χ1) is 5.72. The molecular formula is C7H8I2N2Pb. The van der Waals surface area contributed by atoms with E-state index in [0.717, 1.165) is 5.56 Å². The van der Waals surface area contributed by atoms with Crippen LogP contribution in [0.25, 0.3) is 0 Å². The van der Waals surface area contributed by atoms with E-state index in [1.807, 2.05) is 30.3 Å². The predicted octanol–water partition coefficient (Wildman–Crippen LogP) is 2.36. The van der Waals surface area contributed by atoms with Crippen molar-refractivity contribution in [3.05, 3.63) is 35.9 Å². The third kappa shape index (κ3) is 6.57. The molecule has 0 bridgehead atoms. The third-order valence-corrected chi connectivity index (χ3v) is 1.08. The number of hydrogen-bond donors (Lipinski definition) is 2. The quantitative estimate of drug-likeness (QED) is 0.228. The monoisotopic (exact) mass is 582 g/mol. The Bertz CT molecular complexity index is 228. The van der Waals surface area contributed by atoms with E-state index >= 15 is 0 Å². The van der Waals surface area contributed by atoms with Crippen molar-refractivity contribution in [1.29, 1.82) is 5.41 Å². The average molecular weight is 581 g/mol. The van der Waals surface area contributed by atoms with Gasteiger partial charge in [-0.3, -0.25) is 5.41 Å². The summed E-state index contributed by atoms with van der Waals surface area (Å²) in [6.45, 7) is 0. The van der Waals surface area contributed by atoms with Gasteiger partial charge in [-0.15, -0.1) is 0 Å². The zero-order valence-electron chi connectivity index (χ0n) is 6.22. The maximum absolute atomic E-state index is 7.01. The van der Waals surface area contributed by atoms with Gasteiger partial charge in [-0.2, -0.15) is 0 Å². The van der Waals surface area contributed by atoms with Crippen molar-refractivity contribution < 1.29 is 0 Å². The Labute approximate surface area is 102 Å². The van der Waals surface area contributed by atoms with E-state index in [1.165, 1.54) is 0 Å². The molecule has 0 aromatic heterocycles. The van der Waals surface area contributed by atoms with E-state index in [4.69, 9.17) is 11.1 Å². The Hall–Kier alpha value is 1.07. The Morgan fingerprint density at radius 3 is 1.92 bits per heavy atom. The number of halogens is 2. The van der Waals surface area contributed by atoms with Crippen molar-refractivity contribution in [1.82, 2.24) is 0 Å². The van der Waals surface area contributed by atoms with Crippen molar-refractivity contribution in [2.24, 2.45) is 5.73 Å². The van der Waals surface area contributed by atoms with Gasteiger partial charge in [0.25, 0.3) is 0 Å². The van der Waals surface area contributed by atoms with Gasteiger partial charge in [-0.05, 0) is 0 Å². The first kappa shape index (κ1) is 13.1. The molecule has 0 aliphatic heterocycles. The van der Waals surface area contributed by atoms with Crippen molar-refractivity contribution in [2.45, 2.75) is 0 Å². The summed E-state index contributed by atoms with van der Waals surface area (Å²) in [6.07, 6.45) is 0.